The van der Waals surface area contributed by atoms with Crippen LogP contribution in [0.2, 0.25) is 0 Å². The number of allylic oxidation sites excluding steroid dienone is 2. The van der Waals surface area contributed by atoms with Gasteiger partial charge in [0.2, 0.25) is 0 Å². The SMILES string of the molecule is C=C/C=C1/NC(C)[C@@H]1C(C)C. The fourth-order valence-electron chi connectivity index (χ4n) is 1.84. The van der Waals surface area contributed by atoms with Gasteiger partial charge in [0, 0.05) is 17.7 Å². The van der Waals surface area contributed by atoms with Gasteiger partial charge in [0.05, 0.1) is 0 Å². The van der Waals surface area contributed by atoms with Crippen molar-refractivity contribution in [1.29, 1.82) is 0 Å². The van der Waals surface area contributed by atoms with Gasteiger partial charge in [-0.05, 0) is 18.9 Å². The molecule has 62 valence electrons. The van der Waals surface area contributed by atoms with Crippen LogP contribution in [0.3, 0.4) is 0 Å². The highest BCUT2D eigenvalue weighted by Gasteiger charge is 2.33. The van der Waals surface area contributed by atoms with Crippen molar-refractivity contribution in [3.8, 4) is 0 Å². The summed E-state index contributed by atoms with van der Waals surface area (Å²) in [6, 6.07) is 0.640. The second-order valence-electron chi connectivity index (χ2n) is 3.56. The molecule has 1 fully saturated rings. The van der Waals surface area contributed by atoms with Gasteiger partial charge >= 0.3 is 0 Å². The first-order valence-electron chi connectivity index (χ1n) is 4.26. The maximum Gasteiger partial charge on any atom is 0.0315 e. The Morgan fingerprint density at radius 3 is 2.55 bits per heavy atom. The summed E-state index contributed by atoms with van der Waals surface area (Å²) in [6.45, 7) is 10.4. The van der Waals surface area contributed by atoms with E-state index in [-0.39, 0.29) is 0 Å². The maximum absolute atomic E-state index is 3.68. The molecular formula is C10H17N. The second kappa shape index (κ2) is 3.12. The molecule has 1 saturated heterocycles. The Hall–Kier alpha value is -0.720. The Kier molecular flexibility index (Phi) is 2.38. The lowest BCUT2D eigenvalue weighted by Gasteiger charge is -2.42. The Labute approximate surface area is 69.2 Å². The van der Waals surface area contributed by atoms with Crippen LogP contribution in [0.4, 0.5) is 0 Å². The molecule has 1 aliphatic heterocycles. The number of hydrogen-bond donors (Lipinski definition) is 1. The van der Waals surface area contributed by atoms with Gasteiger partial charge in [-0.15, -0.1) is 0 Å². The first-order valence-corrected chi connectivity index (χ1v) is 4.26. The van der Waals surface area contributed by atoms with E-state index in [0.29, 0.717) is 12.0 Å². The van der Waals surface area contributed by atoms with E-state index in [0.717, 1.165) is 5.92 Å². The van der Waals surface area contributed by atoms with Crippen molar-refractivity contribution in [3.05, 3.63) is 24.4 Å². The number of hydrogen-bond acceptors (Lipinski definition) is 1. The van der Waals surface area contributed by atoms with Crippen LogP contribution >= 0.6 is 0 Å². The molecule has 0 aromatic rings. The fourth-order valence-corrected chi connectivity index (χ4v) is 1.84. The molecule has 0 aromatic carbocycles. The predicted molar refractivity (Wildman–Crippen MR) is 49.2 cm³/mol. The second-order valence-corrected chi connectivity index (χ2v) is 3.56. The number of rotatable bonds is 2. The van der Waals surface area contributed by atoms with Gasteiger partial charge in [-0.3, -0.25) is 0 Å². The molecule has 0 aliphatic carbocycles. The van der Waals surface area contributed by atoms with Crippen LogP contribution < -0.4 is 5.32 Å². The van der Waals surface area contributed by atoms with E-state index in [9.17, 15) is 0 Å². The van der Waals surface area contributed by atoms with Crippen molar-refractivity contribution in [2.45, 2.75) is 26.8 Å². The summed E-state index contributed by atoms with van der Waals surface area (Å²) in [5.41, 5.74) is 1.35. The Bertz CT molecular complexity index is 175. The van der Waals surface area contributed by atoms with Gasteiger partial charge in [-0.2, -0.15) is 0 Å². The summed E-state index contributed by atoms with van der Waals surface area (Å²) in [7, 11) is 0. The summed E-state index contributed by atoms with van der Waals surface area (Å²) >= 11 is 0. The van der Waals surface area contributed by atoms with E-state index in [1.807, 2.05) is 6.08 Å². The summed E-state index contributed by atoms with van der Waals surface area (Å²) in [6.07, 6.45) is 3.92. The topological polar surface area (TPSA) is 12.0 Å². The van der Waals surface area contributed by atoms with Gasteiger partial charge in [0.15, 0.2) is 0 Å². The van der Waals surface area contributed by atoms with Crippen molar-refractivity contribution in [2.24, 2.45) is 11.8 Å². The molecule has 1 rings (SSSR count). The van der Waals surface area contributed by atoms with Crippen LogP contribution in [-0.4, -0.2) is 6.04 Å². The smallest absolute Gasteiger partial charge is 0.0315 e. The zero-order valence-corrected chi connectivity index (χ0v) is 7.59. The Balaban J connectivity index is 2.61. The summed E-state index contributed by atoms with van der Waals surface area (Å²) in [5, 5.41) is 3.36. The molecule has 1 unspecified atom stereocenters. The minimum absolute atomic E-state index is 0.640. The van der Waals surface area contributed by atoms with Gasteiger partial charge in [0.25, 0.3) is 0 Å². The molecule has 0 radical (unpaired) electrons. The van der Waals surface area contributed by atoms with Crippen LogP contribution in [0.25, 0.3) is 0 Å². The molecule has 0 saturated carbocycles. The first kappa shape index (κ1) is 8.38. The van der Waals surface area contributed by atoms with E-state index >= 15 is 0 Å². The molecular weight excluding hydrogens is 134 g/mol. The van der Waals surface area contributed by atoms with Gasteiger partial charge in [-0.25, -0.2) is 0 Å². The van der Waals surface area contributed by atoms with E-state index in [4.69, 9.17) is 0 Å². The third-order valence-corrected chi connectivity index (χ3v) is 2.31. The average molecular weight is 151 g/mol. The molecule has 1 nitrogen and oxygen atoms in total. The van der Waals surface area contributed by atoms with Crippen molar-refractivity contribution in [3.63, 3.8) is 0 Å². The van der Waals surface area contributed by atoms with E-state index < -0.39 is 0 Å². The lowest BCUT2D eigenvalue weighted by atomic mass is 9.79. The van der Waals surface area contributed by atoms with E-state index in [1.54, 1.807) is 0 Å². The standard InChI is InChI=1S/C10H17N/c1-5-6-9-10(7(2)3)8(4)11-9/h5-8,10-11H,1H2,2-4H3/b9-6+/t8?,10-/m0/s1. The molecule has 1 heteroatoms. The van der Waals surface area contributed by atoms with Gasteiger partial charge in [0.1, 0.15) is 0 Å². The Morgan fingerprint density at radius 1 is 1.55 bits per heavy atom. The third kappa shape index (κ3) is 1.47. The zero-order valence-electron chi connectivity index (χ0n) is 7.59. The minimum atomic E-state index is 0.640. The quantitative estimate of drug-likeness (QED) is 0.638. The molecule has 11 heavy (non-hydrogen) atoms. The van der Waals surface area contributed by atoms with Crippen LogP contribution in [0.15, 0.2) is 24.4 Å². The fraction of sp³-hybridized carbons (Fsp3) is 0.600. The maximum atomic E-state index is 3.68. The molecule has 1 N–H and O–H groups in total. The van der Waals surface area contributed by atoms with Crippen LogP contribution in [0.1, 0.15) is 20.8 Å². The molecule has 0 bridgehead atoms. The van der Waals surface area contributed by atoms with Crippen molar-refractivity contribution >= 4 is 0 Å². The minimum Gasteiger partial charge on any atom is -0.385 e. The summed E-state index contributed by atoms with van der Waals surface area (Å²) < 4.78 is 0. The largest absolute Gasteiger partial charge is 0.385 e. The Morgan fingerprint density at radius 2 is 2.18 bits per heavy atom. The van der Waals surface area contributed by atoms with E-state index in [2.05, 4.69) is 38.7 Å². The molecule has 0 amide bonds. The van der Waals surface area contributed by atoms with E-state index in [1.165, 1.54) is 5.70 Å². The highest BCUT2D eigenvalue weighted by atomic mass is 15.0. The lowest BCUT2D eigenvalue weighted by Crippen LogP contribution is -2.50. The normalized spacial score (nSPS) is 33.3. The van der Waals surface area contributed by atoms with Crippen molar-refractivity contribution in [2.75, 3.05) is 0 Å². The highest BCUT2D eigenvalue weighted by Crippen LogP contribution is 2.31. The lowest BCUT2D eigenvalue weighted by molar-refractivity contribution is 0.251. The summed E-state index contributed by atoms with van der Waals surface area (Å²) in [4.78, 5) is 0. The zero-order chi connectivity index (χ0) is 8.43. The number of nitrogens with one attached hydrogen (secondary N) is 1. The van der Waals surface area contributed by atoms with Crippen molar-refractivity contribution < 1.29 is 0 Å². The van der Waals surface area contributed by atoms with Crippen molar-refractivity contribution in [1.82, 2.24) is 5.32 Å². The molecule has 0 spiro atoms. The monoisotopic (exact) mass is 151 g/mol. The molecule has 1 aliphatic rings. The average Bonchev–Trinajstić information content (AvgIpc) is 1.85. The van der Waals surface area contributed by atoms with Crippen LogP contribution in [0, 0.1) is 11.8 Å². The third-order valence-electron chi connectivity index (χ3n) is 2.31. The molecule has 2 atom stereocenters. The van der Waals surface area contributed by atoms with Crippen LogP contribution in [0.5, 0.6) is 0 Å². The van der Waals surface area contributed by atoms with Crippen LogP contribution in [-0.2, 0) is 0 Å². The first-order chi connectivity index (χ1) is 5.16. The predicted octanol–water partition coefficient (Wildman–Crippen LogP) is 2.32. The summed E-state index contributed by atoms with van der Waals surface area (Å²) in [5.74, 6) is 1.45. The highest BCUT2D eigenvalue weighted by molar-refractivity contribution is 5.22. The molecule has 1 heterocycles. The van der Waals surface area contributed by atoms with Gasteiger partial charge in [-0.1, -0.05) is 26.5 Å². The van der Waals surface area contributed by atoms with Gasteiger partial charge < -0.3 is 5.32 Å². The molecule has 0 aromatic heterocycles.